The van der Waals surface area contributed by atoms with Gasteiger partial charge in [0, 0.05) is 26.6 Å². The van der Waals surface area contributed by atoms with Gasteiger partial charge in [0.15, 0.2) is 0 Å². The van der Waals surface area contributed by atoms with E-state index in [1.54, 1.807) is 18.7 Å². The Bertz CT molecular complexity index is 1030. The number of methoxy groups -OCH3 is 1. The summed E-state index contributed by atoms with van der Waals surface area (Å²) in [5, 5.41) is 7.97. The molecule has 1 aliphatic rings. The predicted molar refractivity (Wildman–Crippen MR) is 139 cm³/mol. The number of nitrogens with two attached hydrogens (primary N) is 1. The number of carbonyl (C=O) groups is 3. The molecule has 9 heteroatoms. The van der Waals surface area contributed by atoms with Crippen molar-refractivity contribution in [2.24, 2.45) is 5.73 Å². The van der Waals surface area contributed by atoms with E-state index in [1.165, 1.54) is 7.11 Å². The Morgan fingerprint density at radius 1 is 1.17 bits per heavy atom. The van der Waals surface area contributed by atoms with Crippen LogP contribution in [0, 0.1) is 0 Å². The number of amides is 3. The highest BCUT2D eigenvalue weighted by atomic mass is 35.5. The third-order valence-electron chi connectivity index (χ3n) is 6.41. The molecule has 3 amide bonds. The fourth-order valence-corrected chi connectivity index (χ4v) is 4.23. The van der Waals surface area contributed by atoms with E-state index in [-0.39, 0.29) is 30.1 Å². The zero-order chi connectivity index (χ0) is 24.7. The summed E-state index contributed by atoms with van der Waals surface area (Å²) >= 11 is 0. The third kappa shape index (κ3) is 7.16. The molecule has 2 aromatic rings. The van der Waals surface area contributed by atoms with Gasteiger partial charge in [-0.2, -0.15) is 0 Å². The van der Waals surface area contributed by atoms with Crippen LogP contribution in [0.15, 0.2) is 42.5 Å². The van der Waals surface area contributed by atoms with Gasteiger partial charge in [-0.15, -0.1) is 12.4 Å². The first kappa shape index (κ1) is 28.6. The number of rotatable bonds is 10. The number of benzene rings is 2. The zero-order valence-corrected chi connectivity index (χ0v) is 21.5. The van der Waals surface area contributed by atoms with Crippen molar-refractivity contribution in [3.05, 3.63) is 48.0 Å². The second kappa shape index (κ2) is 12.9. The number of hydrogen-bond donors (Lipinski definition) is 3. The summed E-state index contributed by atoms with van der Waals surface area (Å²) < 4.78 is 5.33. The van der Waals surface area contributed by atoms with Crippen LogP contribution >= 0.6 is 12.4 Å². The molecule has 0 radical (unpaired) electrons. The Hall–Kier alpha value is -2.68. The minimum absolute atomic E-state index is 0. The Kier molecular flexibility index (Phi) is 10.5. The smallest absolute Gasteiger partial charge is 0.254 e. The van der Waals surface area contributed by atoms with Crippen molar-refractivity contribution in [3.8, 4) is 0 Å². The Morgan fingerprint density at radius 3 is 2.57 bits per heavy atom. The van der Waals surface area contributed by atoms with Gasteiger partial charge in [0.1, 0.15) is 17.7 Å². The lowest BCUT2D eigenvalue weighted by molar-refractivity contribution is -0.154. The largest absolute Gasteiger partial charge is 0.369 e. The number of halogens is 1. The number of ether oxygens (including phenoxy) is 1. The maximum atomic E-state index is 13.3. The fraction of sp³-hybridized carbons (Fsp3) is 0.500. The molecule has 2 atom stereocenters. The Morgan fingerprint density at radius 2 is 1.89 bits per heavy atom. The summed E-state index contributed by atoms with van der Waals surface area (Å²) in [4.78, 5) is 40.8. The van der Waals surface area contributed by atoms with Crippen LogP contribution in [0.5, 0.6) is 0 Å². The van der Waals surface area contributed by atoms with E-state index in [9.17, 15) is 14.4 Å². The molecule has 3 rings (SSSR count). The van der Waals surface area contributed by atoms with Crippen LogP contribution in [-0.2, 0) is 25.5 Å². The average molecular weight is 505 g/mol. The first-order valence-electron chi connectivity index (χ1n) is 11.9. The summed E-state index contributed by atoms with van der Waals surface area (Å²) in [6.07, 6.45) is 2.27. The fourth-order valence-electron chi connectivity index (χ4n) is 4.23. The lowest BCUT2D eigenvalue weighted by Gasteiger charge is -2.32. The molecule has 0 saturated carbocycles. The molecule has 1 aliphatic heterocycles. The molecule has 0 unspecified atom stereocenters. The van der Waals surface area contributed by atoms with Crippen molar-refractivity contribution in [1.29, 1.82) is 0 Å². The average Bonchev–Trinajstić information content (AvgIpc) is 3.33. The van der Waals surface area contributed by atoms with Gasteiger partial charge >= 0.3 is 0 Å². The summed E-state index contributed by atoms with van der Waals surface area (Å²) in [7, 11) is 1.48. The minimum atomic E-state index is -1.02. The zero-order valence-electron chi connectivity index (χ0n) is 20.7. The van der Waals surface area contributed by atoms with Crippen molar-refractivity contribution in [2.75, 3.05) is 26.7 Å². The van der Waals surface area contributed by atoms with Crippen molar-refractivity contribution >= 4 is 40.9 Å². The van der Waals surface area contributed by atoms with E-state index in [0.29, 0.717) is 38.9 Å². The number of nitrogens with zero attached hydrogens (tertiary/aromatic N) is 1. The molecule has 1 saturated heterocycles. The number of carbonyl (C=O) groups excluding carboxylic acids is 3. The Labute approximate surface area is 213 Å². The van der Waals surface area contributed by atoms with Crippen LogP contribution in [0.1, 0.15) is 38.7 Å². The summed E-state index contributed by atoms with van der Waals surface area (Å²) in [6.45, 7) is 4.78. The first-order chi connectivity index (χ1) is 16.3. The molecule has 2 aromatic carbocycles. The molecule has 0 bridgehead atoms. The van der Waals surface area contributed by atoms with E-state index in [0.717, 1.165) is 22.8 Å². The van der Waals surface area contributed by atoms with Crippen molar-refractivity contribution in [3.63, 3.8) is 0 Å². The lowest BCUT2D eigenvalue weighted by Crippen LogP contribution is -2.56. The van der Waals surface area contributed by atoms with Crippen molar-refractivity contribution in [2.45, 2.75) is 57.2 Å². The summed E-state index contributed by atoms with van der Waals surface area (Å²) in [5.41, 5.74) is 5.47. The molecule has 0 aromatic heterocycles. The maximum absolute atomic E-state index is 13.3. The van der Waals surface area contributed by atoms with E-state index < -0.39 is 17.7 Å². The molecule has 0 spiro atoms. The molecule has 8 nitrogen and oxygen atoms in total. The summed E-state index contributed by atoms with van der Waals surface area (Å²) in [6, 6.07) is 12.6. The van der Waals surface area contributed by atoms with Crippen LogP contribution in [0.4, 0.5) is 0 Å². The SMILES string of the molecule is COC(C)(C)C(=O)N1CCC[C@H]1C(=O)N[C@H](Cc1ccc2ccccc2c1)C(=O)NCCCN.Cl. The molecule has 1 fully saturated rings. The quantitative estimate of drug-likeness (QED) is 0.429. The molecule has 1 heterocycles. The van der Waals surface area contributed by atoms with Gasteiger partial charge in [-0.05, 0) is 56.0 Å². The van der Waals surface area contributed by atoms with Crippen LogP contribution in [0.2, 0.25) is 0 Å². The van der Waals surface area contributed by atoms with E-state index in [2.05, 4.69) is 10.6 Å². The highest BCUT2D eigenvalue weighted by molar-refractivity contribution is 5.94. The summed E-state index contributed by atoms with van der Waals surface area (Å²) in [5.74, 6) is -0.813. The van der Waals surface area contributed by atoms with Crippen molar-refractivity contribution in [1.82, 2.24) is 15.5 Å². The standard InChI is InChI=1S/C26H36N4O4.ClH/c1-26(2,34-3)25(33)30-15-6-10-22(30)24(32)29-21(23(31)28-14-7-13-27)17-18-11-12-19-8-4-5-9-20(19)16-18;/h4-5,8-9,11-12,16,21-22H,6-7,10,13-15,17,27H2,1-3H3,(H,28,31)(H,29,32);1H/t21-,22+;/m1./s1. The molecule has 4 N–H and O–H groups in total. The second-order valence-corrected chi connectivity index (χ2v) is 9.25. The van der Waals surface area contributed by atoms with Gasteiger partial charge in [0.2, 0.25) is 11.8 Å². The Balaban J connectivity index is 0.00000432. The number of fused-ring (bicyclic) bond motifs is 1. The highest BCUT2D eigenvalue weighted by Gasteiger charge is 2.41. The number of likely N-dealkylation sites (tertiary alicyclic amines) is 1. The molecular formula is C26H37ClN4O4. The minimum Gasteiger partial charge on any atom is -0.369 e. The normalized spacial score (nSPS) is 16.5. The van der Waals surface area contributed by atoms with Gasteiger partial charge in [-0.1, -0.05) is 42.5 Å². The molecule has 35 heavy (non-hydrogen) atoms. The maximum Gasteiger partial charge on any atom is 0.254 e. The van der Waals surface area contributed by atoms with Crippen LogP contribution in [0.25, 0.3) is 10.8 Å². The van der Waals surface area contributed by atoms with E-state index >= 15 is 0 Å². The molecule has 0 aliphatic carbocycles. The van der Waals surface area contributed by atoms with Gasteiger partial charge < -0.3 is 26.0 Å². The topological polar surface area (TPSA) is 114 Å². The van der Waals surface area contributed by atoms with Gasteiger partial charge in [-0.25, -0.2) is 0 Å². The number of nitrogens with one attached hydrogen (secondary N) is 2. The van der Waals surface area contributed by atoms with Crippen LogP contribution in [-0.4, -0.2) is 67.1 Å². The van der Waals surface area contributed by atoms with E-state index in [4.69, 9.17) is 10.5 Å². The lowest BCUT2D eigenvalue weighted by atomic mass is 10.0. The van der Waals surface area contributed by atoms with Gasteiger partial charge in [-0.3, -0.25) is 14.4 Å². The second-order valence-electron chi connectivity index (χ2n) is 9.25. The van der Waals surface area contributed by atoms with E-state index in [1.807, 2.05) is 42.5 Å². The monoisotopic (exact) mass is 504 g/mol. The van der Waals surface area contributed by atoms with Gasteiger partial charge in [0.05, 0.1) is 0 Å². The van der Waals surface area contributed by atoms with Crippen molar-refractivity contribution < 1.29 is 19.1 Å². The highest BCUT2D eigenvalue weighted by Crippen LogP contribution is 2.23. The van der Waals surface area contributed by atoms with Crippen LogP contribution < -0.4 is 16.4 Å². The molecule has 192 valence electrons. The van der Waals surface area contributed by atoms with Gasteiger partial charge in [0.25, 0.3) is 5.91 Å². The third-order valence-corrected chi connectivity index (χ3v) is 6.41. The first-order valence-corrected chi connectivity index (χ1v) is 11.9. The number of hydrogen-bond acceptors (Lipinski definition) is 5. The van der Waals surface area contributed by atoms with Crippen LogP contribution in [0.3, 0.4) is 0 Å². The predicted octanol–water partition coefficient (Wildman–Crippen LogP) is 2.17. The molecular weight excluding hydrogens is 468 g/mol.